The maximum absolute atomic E-state index is 12.3. The van der Waals surface area contributed by atoms with Gasteiger partial charge in [-0.05, 0) is 32.1 Å². The number of carboxylic acid groups (broad SMARTS) is 1. The Balaban J connectivity index is 3.66. The molecule has 8 N–H and O–H groups in total. The van der Waals surface area contributed by atoms with Crippen LogP contribution in [0.4, 0.5) is 0 Å². The Kier molecular flexibility index (Phi) is 40.2. The van der Waals surface area contributed by atoms with Crippen LogP contribution in [0.3, 0.4) is 0 Å². The molecule has 0 aromatic carbocycles. The van der Waals surface area contributed by atoms with Gasteiger partial charge >= 0.3 is 5.97 Å². The van der Waals surface area contributed by atoms with E-state index in [2.05, 4.69) is 33.5 Å². The van der Waals surface area contributed by atoms with E-state index in [4.69, 9.17) is 31.7 Å². The first-order chi connectivity index (χ1) is 29.1. The standard InChI is InChI=1S/C43H80N6O11/c1-3-4-5-6-7-8-9-10-11-12-13-14-15-16-17-21-40(52)49-37(43(55)56)22-23-39(51)47-25-27-57-29-32-60-35-42(54)48-26-28-58-30-31-59-34-41(53)46-24-19-18-20-36(45-2)38(50)33-44/h2,36-37,45H,3-35,44H2,1H3,(H,46,53)(H,47,51)(H,48,54)(H,49,52)(H,55,56)/t36-,37?/m0/s1. The summed E-state index contributed by atoms with van der Waals surface area (Å²) in [5.74, 6) is -2.54. The van der Waals surface area contributed by atoms with E-state index in [1.165, 1.54) is 70.6 Å². The molecule has 0 saturated heterocycles. The molecule has 0 aromatic rings. The van der Waals surface area contributed by atoms with Gasteiger partial charge in [-0.15, -0.1) is 0 Å². The highest BCUT2D eigenvalue weighted by Gasteiger charge is 2.21. The van der Waals surface area contributed by atoms with E-state index >= 15 is 0 Å². The SMILES string of the molecule is [CH]N[C@@H](CCCCNC(=O)COCCOCCNC(=O)COCCOCCNC(=O)CCC(NC(=O)CCCCCCCCCCCCCCCCC)C(=O)O)C(=O)CN. The molecule has 17 nitrogen and oxygen atoms in total. The summed E-state index contributed by atoms with van der Waals surface area (Å²) in [6, 6.07) is -1.60. The van der Waals surface area contributed by atoms with Crippen molar-refractivity contribution < 1.29 is 52.8 Å². The Morgan fingerprint density at radius 1 is 0.517 bits per heavy atom. The molecule has 0 saturated carbocycles. The zero-order valence-electron chi connectivity index (χ0n) is 36.7. The molecule has 2 radical (unpaired) electrons. The lowest BCUT2D eigenvalue weighted by atomic mass is 10.0. The third-order valence-corrected chi connectivity index (χ3v) is 9.68. The van der Waals surface area contributed by atoms with E-state index in [1.54, 1.807) is 0 Å². The zero-order valence-corrected chi connectivity index (χ0v) is 36.7. The van der Waals surface area contributed by atoms with Gasteiger partial charge < -0.3 is 56.4 Å². The molecule has 348 valence electrons. The van der Waals surface area contributed by atoms with Crippen LogP contribution in [-0.2, 0) is 47.7 Å². The number of rotatable bonds is 45. The Hall–Kier alpha value is -3.22. The Morgan fingerprint density at radius 2 is 0.983 bits per heavy atom. The monoisotopic (exact) mass is 857 g/mol. The molecule has 0 aromatic heterocycles. The first-order valence-electron chi connectivity index (χ1n) is 22.5. The van der Waals surface area contributed by atoms with Crippen molar-refractivity contribution in [2.45, 2.75) is 154 Å². The zero-order chi connectivity index (χ0) is 44.3. The minimum Gasteiger partial charge on any atom is -0.480 e. The molecular weight excluding hydrogens is 777 g/mol. The van der Waals surface area contributed by atoms with Crippen LogP contribution in [-0.4, -0.2) is 132 Å². The van der Waals surface area contributed by atoms with Gasteiger partial charge in [-0.25, -0.2) is 4.79 Å². The van der Waals surface area contributed by atoms with Gasteiger partial charge in [-0.2, -0.15) is 0 Å². The first kappa shape index (κ1) is 56.8. The summed E-state index contributed by atoms with van der Waals surface area (Å²) in [7, 11) is 5.35. The number of carboxylic acids is 1. The number of hydrogen-bond acceptors (Lipinski definition) is 12. The van der Waals surface area contributed by atoms with Crippen LogP contribution in [0.2, 0.25) is 0 Å². The minimum absolute atomic E-state index is 0.0104. The van der Waals surface area contributed by atoms with Gasteiger partial charge in [0, 0.05) is 39.5 Å². The summed E-state index contributed by atoms with van der Waals surface area (Å²) in [5, 5.41) is 22.6. The fourth-order valence-electron chi connectivity index (χ4n) is 6.12. The number of ketones is 1. The molecule has 0 aliphatic heterocycles. The van der Waals surface area contributed by atoms with Crippen molar-refractivity contribution in [2.24, 2.45) is 5.73 Å². The average molecular weight is 857 g/mol. The highest BCUT2D eigenvalue weighted by molar-refractivity contribution is 5.86. The fourth-order valence-corrected chi connectivity index (χ4v) is 6.12. The maximum Gasteiger partial charge on any atom is 0.326 e. The van der Waals surface area contributed by atoms with Crippen LogP contribution >= 0.6 is 0 Å². The second-order valence-electron chi connectivity index (χ2n) is 15.0. The van der Waals surface area contributed by atoms with Gasteiger partial charge in [0.1, 0.15) is 19.3 Å². The molecule has 0 heterocycles. The number of carbonyl (C=O) groups excluding carboxylic acids is 5. The van der Waals surface area contributed by atoms with Crippen LogP contribution in [0.5, 0.6) is 0 Å². The van der Waals surface area contributed by atoms with E-state index in [0.29, 0.717) is 25.8 Å². The fraction of sp³-hybridized carbons (Fsp3) is 0.837. The molecule has 1 unspecified atom stereocenters. The van der Waals surface area contributed by atoms with Gasteiger partial charge in [0.2, 0.25) is 23.6 Å². The highest BCUT2D eigenvalue weighted by atomic mass is 16.5. The van der Waals surface area contributed by atoms with Crippen molar-refractivity contribution in [3.63, 3.8) is 0 Å². The number of amides is 4. The van der Waals surface area contributed by atoms with Crippen molar-refractivity contribution in [1.29, 1.82) is 0 Å². The lowest BCUT2D eigenvalue weighted by molar-refractivity contribution is -0.142. The summed E-state index contributed by atoms with van der Waals surface area (Å²) in [6.45, 7) is 4.16. The molecule has 2 atom stereocenters. The predicted molar refractivity (Wildman–Crippen MR) is 230 cm³/mol. The molecule has 0 aliphatic rings. The summed E-state index contributed by atoms with van der Waals surface area (Å²) in [6.07, 6.45) is 20.6. The van der Waals surface area contributed by atoms with Crippen molar-refractivity contribution in [2.75, 3.05) is 79.0 Å². The molecule has 60 heavy (non-hydrogen) atoms. The summed E-state index contributed by atoms with van der Waals surface area (Å²) >= 11 is 0. The van der Waals surface area contributed by atoms with Crippen molar-refractivity contribution in [1.82, 2.24) is 26.6 Å². The van der Waals surface area contributed by atoms with E-state index in [9.17, 15) is 33.9 Å². The Bertz CT molecular complexity index is 1120. The minimum atomic E-state index is -1.17. The smallest absolute Gasteiger partial charge is 0.326 e. The first-order valence-corrected chi connectivity index (χ1v) is 22.5. The largest absolute Gasteiger partial charge is 0.480 e. The third-order valence-electron chi connectivity index (χ3n) is 9.68. The van der Waals surface area contributed by atoms with E-state index in [-0.39, 0.29) is 121 Å². The number of hydrogen-bond donors (Lipinski definition) is 7. The Labute approximate surface area is 359 Å². The molecule has 0 aliphatic carbocycles. The van der Waals surface area contributed by atoms with Crippen molar-refractivity contribution in [3.05, 3.63) is 7.05 Å². The summed E-state index contributed by atoms with van der Waals surface area (Å²) in [5.41, 5.74) is 5.34. The van der Waals surface area contributed by atoms with Gasteiger partial charge in [0.05, 0.1) is 52.2 Å². The van der Waals surface area contributed by atoms with E-state index in [0.717, 1.165) is 25.7 Å². The highest BCUT2D eigenvalue weighted by Crippen LogP contribution is 2.14. The predicted octanol–water partition coefficient (Wildman–Crippen LogP) is 3.34. The van der Waals surface area contributed by atoms with Crippen LogP contribution in [0.15, 0.2) is 0 Å². The molecule has 4 amide bonds. The number of carbonyl (C=O) groups is 6. The summed E-state index contributed by atoms with van der Waals surface area (Å²) < 4.78 is 21.3. The lowest BCUT2D eigenvalue weighted by Crippen LogP contribution is -2.41. The third kappa shape index (κ3) is 37.8. The maximum atomic E-state index is 12.3. The normalized spacial score (nSPS) is 12.1. The summed E-state index contributed by atoms with van der Waals surface area (Å²) in [4.78, 5) is 71.5. The second kappa shape index (κ2) is 42.5. The lowest BCUT2D eigenvalue weighted by Gasteiger charge is -2.14. The van der Waals surface area contributed by atoms with E-state index in [1.807, 2.05) is 0 Å². The van der Waals surface area contributed by atoms with Crippen LogP contribution in [0.1, 0.15) is 142 Å². The van der Waals surface area contributed by atoms with Gasteiger partial charge in [-0.1, -0.05) is 96.8 Å². The van der Waals surface area contributed by atoms with Crippen LogP contribution in [0.25, 0.3) is 0 Å². The topological polar surface area (TPSA) is 246 Å². The van der Waals surface area contributed by atoms with Crippen LogP contribution < -0.4 is 32.3 Å². The van der Waals surface area contributed by atoms with Crippen molar-refractivity contribution >= 4 is 35.4 Å². The number of unbranched alkanes of at least 4 members (excludes halogenated alkanes) is 15. The average Bonchev–Trinajstić information content (AvgIpc) is 3.23. The molecule has 17 heteroatoms. The van der Waals surface area contributed by atoms with Gasteiger partial charge in [-0.3, -0.25) is 24.0 Å². The molecule has 0 fully saturated rings. The van der Waals surface area contributed by atoms with Crippen molar-refractivity contribution in [3.8, 4) is 0 Å². The van der Waals surface area contributed by atoms with Gasteiger partial charge in [0.15, 0.2) is 5.78 Å². The number of ether oxygens (including phenoxy) is 4. The number of nitrogens with two attached hydrogens (primary N) is 1. The van der Waals surface area contributed by atoms with Crippen LogP contribution in [0, 0.1) is 7.05 Å². The molecular formula is C43H80N6O11. The molecule has 0 rings (SSSR count). The number of aliphatic carboxylic acids is 1. The number of Topliss-reactive ketones (excluding diaryl/α,β-unsaturated/α-hetero) is 1. The number of nitrogens with one attached hydrogen (secondary N) is 5. The molecule has 0 bridgehead atoms. The molecule has 0 spiro atoms. The van der Waals surface area contributed by atoms with Gasteiger partial charge in [0.25, 0.3) is 0 Å². The second-order valence-corrected chi connectivity index (χ2v) is 15.0. The Morgan fingerprint density at radius 3 is 1.47 bits per heavy atom. The van der Waals surface area contributed by atoms with E-state index < -0.39 is 18.1 Å². The quantitative estimate of drug-likeness (QED) is 0.0344.